The van der Waals surface area contributed by atoms with Gasteiger partial charge in [0.25, 0.3) is 5.91 Å². The Labute approximate surface area is 213 Å². The lowest BCUT2D eigenvalue weighted by atomic mass is 9.90. The van der Waals surface area contributed by atoms with E-state index in [1.807, 2.05) is 25.1 Å². The highest BCUT2D eigenvalue weighted by Gasteiger charge is 2.50. The highest BCUT2D eigenvalue weighted by Crippen LogP contribution is 2.36. The monoisotopic (exact) mass is 578 g/mol. The maximum absolute atomic E-state index is 13.9. The molecule has 0 radical (unpaired) electrons. The molecule has 1 N–H and O–H groups in total. The number of aromatic nitrogens is 2. The van der Waals surface area contributed by atoms with Crippen molar-refractivity contribution in [2.45, 2.75) is 75.4 Å². The number of nitrogens with zero attached hydrogens (tertiary/aromatic N) is 3. The Morgan fingerprint density at radius 3 is 2.65 bits per heavy atom. The van der Waals surface area contributed by atoms with Gasteiger partial charge >= 0.3 is 5.97 Å². The van der Waals surface area contributed by atoms with E-state index in [0.29, 0.717) is 10.1 Å². The minimum Gasteiger partial charge on any atom is -0.461 e. The van der Waals surface area contributed by atoms with E-state index in [2.05, 4.69) is 33.0 Å². The molecule has 0 bridgehead atoms. The maximum atomic E-state index is 13.9. The number of alkyl halides is 1. The van der Waals surface area contributed by atoms with Gasteiger partial charge in [-0.05, 0) is 45.2 Å². The number of ether oxygens (including phenoxy) is 1. The summed E-state index contributed by atoms with van der Waals surface area (Å²) in [6.45, 7) is 5.86. The number of carbonyl (C=O) groups is 3. The summed E-state index contributed by atoms with van der Waals surface area (Å²) in [6, 6.07) is 7.47. The molecule has 0 saturated heterocycles. The largest absolute Gasteiger partial charge is 0.461 e. The Kier molecular flexibility index (Phi) is 7.30. The smallest absolute Gasteiger partial charge is 0.358 e. The fourth-order valence-electron chi connectivity index (χ4n) is 4.89. The van der Waals surface area contributed by atoms with E-state index in [-0.39, 0.29) is 42.4 Å². The Hall–Kier alpha value is -2.43. The zero-order chi connectivity index (χ0) is 24.5. The minimum atomic E-state index is -1.21. The molecule has 2 heterocycles. The van der Waals surface area contributed by atoms with Crippen LogP contribution in [-0.4, -0.2) is 45.8 Å². The second kappa shape index (κ2) is 10.1. The van der Waals surface area contributed by atoms with Crippen LogP contribution in [0, 0.1) is 6.92 Å². The zero-order valence-corrected chi connectivity index (χ0v) is 22.1. The number of rotatable bonds is 6. The van der Waals surface area contributed by atoms with Gasteiger partial charge in [0, 0.05) is 22.2 Å². The van der Waals surface area contributed by atoms with Crippen LogP contribution in [0.2, 0.25) is 0 Å². The summed E-state index contributed by atoms with van der Waals surface area (Å²) in [4.78, 5) is 41.6. The summed E-state index contributed by atoms with van der Waals surface area (Å²) >= 11 is 2.28. The van der Waals surface area contributed by atoms with E-state index in [9.17, 15) is 14.4 Å². The molecule has 0 spiro atoms. The zero-order valence-electron chi connectivity index (χ0n) is 19.9. The number of hydrogen-bond donors (Lipinski definition) is 1. The van der Waals surface area contributed by atoms with E-state index in [4.69, 9.17) is 4.74 Å². The second-order valence-corrected chi connectivity index (χ2v) is 10.0. The van der Waals surface area contributed by atoms with Crippen LogP contribution in [0.15, 0.2) is 24.3 Å². The van der Waals surface area contributed by atoms with E-state index in [0.717, 1.165) is 36.8 Å². The molecule has 4 rings (SSSR count). The molecule has 1 aliphatic heterocycles. The molecule has 34 heavy (non-hydrogen) atoms. The van der Waals surface area contributed by atoms with Crippen LogP contribution < -0.4 is 10.2 Å². The molecule has 1 atom stereocenters. The normalized spacial score (nSPS) is 20.7. The van der Waals surface area contributed by atoms with Gasteiger partial charge in [-0.15, -0.1) is 0 Å². The van der Waals surface area contributed by atoms with Gasteiger partial charge in [0.1, 0.15) is 11.2 Å². The molecule has 2 aliphatic rings. The van der Waals surface area contributed by atoms with Crippen LogP contribution in [0.1, 0.15) is 78.1 Å². The number of carbonyl (C=O) groups excluding carboxylic acids is 3. The molecule has 182 valence electrons. The second-order valence-electron chi connectivity index (χ2n) is 9.28. The predicted octanol–water partition coefficient (Wildman–Crippen LogP) is 4.17. The van der Waals surface area contributed by atoms with Gasteiger partial charge < -0.3 is 10.1 Å². The first-order valence-corrected chi connectivity index (χ1v) is 13.4. The number of halogens is 1. The van der Waals surface area contributed by atoms with Crippen LogP contribution in [-0.2, 0) is 20.5 Å². The fourth-order valence-corrected chi connectivity index (χ4v) is 5.50. The van der Waals surface area contributed by atoms with Crippen LogP contribution in [0.3, 0.4) is 0 Å². The summed E-state index contributed by atoms with van der Waals surface area (Å²) in [7, 11) is 0. The molecule has 2 amide bonds. The molecular weight excluding hydrogens is 547 g/mol. The van der Waals surface area contributed by atoms with Crippen molar-refractivity contribution in [2.75, 3.05) is 11.5 Å². The van der Waals surface area contributed by atoms with Gasteiger partial charge in [-0.1, -0.05) is 59.5 Å². The van der Waals surface area contributed by atoms with Crippen molar-refractivity contribution < 1.29 is 19.1 Å². The SMILES string of the molecule is CCOC(=O)c1cc2n(n1)CC(C)(C(=O)NC1CCCCC1)N(c1ccc(C)cc1CI)C2=O. The molecule has 1 aromatic carbocycles. The molecule has 9 heteroatoms. The molecule has 1 unspecified atom stereocenters. The molecule has 1 fully saturated rings. The van der Waals surface area contributed by atoms with Crippen LogP contribution in [0.5, 0.6) is 0 Å². The number of anilines is 1. The Morgan fingerprint density at radius 1 is 1.24 bits per heavy atom. The summed E-state index contributed by atoms with van der Waals surface area (Å²) in [6.07, 6.45) is 5.25. The van der Waals surface area contributed by atoms with Crippen LogP contribution >= 0.6 is 22.6 Å². The third kappa shape index (κ3) is 4.58. The first-order valence-electron chi connectivity index (χ1n) is 11.8. The lowest BCUT2D eigenvalue weighted by molar-refractivity contribution is -0.127. The predicted molar refractivity (Wildman–Crippen MR) is 137 cm³/mol. The first-order chi connectivity index (χ1) is 16.3. The number of esters is 1. The highest BCUT2D eigenvalue weighted by atomic mass is 127. The minimum absolute atomic E-state index is 0.0695. The molecule has 1 aromatic heterocycles. The highest BCUT2D eigenvalue weighted by molar-refractivity contribution is 14.1. The third-order valence-corrected chi connectivity index (χ3v) is 7.51. The summed E-state index contributed by atoms with van der Waals surface area (Å²) < 4.78 is 7.24. The average molecular weight is 578 g/mol. The van der Waals surface area contributed by atoms with E-state index >= 15 is 0 Å². The van der Waals surface area contributed by atoms with E-state index < -0.39 is 11.5 Å². The van der Waals surface area contributed by atoms with Crippen molar-refractivity contribution in [3.63, 3.8) is 0 Å². The van der Waals surface area contributed by atoms with Crippen LogP contribution in [0.4, 0.5) is 5.69 Å². The van der Waals surface area contributed by atoms with Gasteiger partial charge in [0.05, 0.1) is 13.2 Å². The van der Waals surface area contributed by atoms with E-state index in [1.165, 1.54) is 17.2 Å². The summed E-state index contributed by atoms with van der Waals surface area (Å²) in [5.74, 6) is -1.14. The number of nitrogens with one attached hydrogen (secondary N) is 1. The number of hydrogen-bond acceptors (Lipinski definition) is 5. The average Bonchev–Trinajstić information content (AvgIpc) is 3.25. The quantitative estimate of drug-likeness (QED) is 0.316. The lowest BCUT2D eigenvalue weighted by Crippen LogP contribution is -2.65. The topological polar surface area (TPSA) is 93.5 Å². The lowest BCUT2D eigenvalue weighted by Gasteiger charge is -2.44. The molecule has 8 nitrogen and oxygen atoms in total. The molecular formula is C25H31IN4O4. The molecule has 1 aliphatic carbocycles. The van der Waals surface area contributed by atoms with Gasteiger partial charge in [-0.25, -0.2) is 4.79 Å². The van der Waals surface area contributed by atoms with Gasteiger partial charge in [0.2, 0.25) is 5.91 Å². The summed E-state index contributed by atoms with van der Waals surface area (Å²) in [5.41, 5.74) is 1.89. The van der Waals surface area contributed by atoms with Crippen molar-refractivity contribution >= 4 is 46.1 Å². The Morgan fingerprint density at radius 2 is 1.97 bits per heavy atom. The van der Waals surface area contributed by atoms with Gasteiger partial charge in [-0.2, -0.15) is 5.10 Å². The number of benzene rings is 1. The Balaban J connectivity index is 1.79. The van der Waals surface area contributed by atoms with E-state index in [1.54, 1.807) is 18.7 Å². The number of aryl methyl sites for hydroxylation is 1. The number of fused-ring (bicyclic) bond motifs is 1. The number of amides is 2. The van der Waals surface area contributed by atoms with Crippen molar-refractivity contribution in [3.8, 4) is 0 Å². The molecule has 2 aromatic rings. The maximum Gasteiger partial charge on any atom is 0.358 e. The van der Waals surface area contributed by atoms with Crippen LogP contribution in [0.25, 0.3) is 0 Å². The first kappa shape index (κ1) is 24.7. The Bertz CT molecular complexity index is 1110. The van der Waals surface area contributed by atoms with Crippen molar-refractivity contribution in [2.24, 2.45) is 0 Å². The molecule has 1 saturated carbocycles. The van der Waals surface area contributed by atoms with Gasteiger partial charge in [0.15, 0.2) is 5.69 Å². The standard InChI is InChI=1S/C25H31IN4O4/c1-4-34-23(32)19-13-21-22(31)30(20-11-10-16(2)12-17(20)14-26)25(3,15-29(21)28-19)24(33)27-18-8-6-5-7-9-18/h10-13,18H,4-9,14-15H2,1-3H3,(H,27,33). The summed E-state index contributed by atoms with van der Waals surface area (Å²) in [5, 5.41) is 7.55. The van der Waals surface area contributed by atoms with Gasteiger partial charge in [-0.3, -0.25) is 19.2 Å². The van der Waals surface area contributed by atoms with Crippen molar-refractivity contribution in [1.29, 1.82) is 0 Å². The fraction of sp³-hybridized carbons (Fsp3) is 0.520. The van der Waals surface area contributed by atoms with Crippen molar-refractivity contribution in [3.05, 3.63) is 46.8 Å². The third-order valence-electron chi connectivity index (χ3n) is 6.69. The van der Waals surface area contributed by atoms with Crippen molar-refractivity contribution in [1.82, 2.24) is 15.1 Å².